The number of esters is 1. The van der Waals surface area contributed by atoms with Gasteiger partial charge in [-0.2, -0.15) is 8.78 Å². The number of methoxy groups -OCH3 is 1. The first kappa shape index (κ1) is 14.2. The van der Waals surface area contributed by atoms with E-state index >= 15 is 0 Å². The molecule has 0 amide bonds. The second kappa shape index (κ2) is 6.16. The van der Waals surface area contributed by atoms with Crippen LogP contribution in [-0.4, -0.2) is 19.7 Å². The molecule has 0 atom stereocenters. The third-order valence-electron chi connectivity index (χ3n) is 1.92. The zero-order valence-electron chi connectivity index (χ0n) is 8.68. The molecule has 94 valence electrons. The van der Waals surface area contributed by atoms with Crippen LogP contribution in [-0.2, 0) is 10.1 Å². The van der Waals surface area contributed by atoms with Gasteiger partial charge in [-0.1, -0.05) is 27.5 Å². The van der Waals surface area contributed by atoms with E-state index in [1.807, 2.05) is 0 Å². The minimum atomic E-state index is -3.01. The predicted octanol–water partition coefficient (Wildman–Crippen LogP) is 3.62. The van der Waals surface area contributed by atoms with Crippen molar-refractivity contribution in [2.45, 2.75) is 11.9 Å². The Bertz CT molecular complexity index is 426. The summed E-state index contributed by atoms with van der Waals surface area (Å²) < 4.78 is 32.9. The van der Waals surface area contributed by atoms with Crippen LogP contribution in [0.4, 0.5) is 8.78 Å². The van der Waals surface area contributed by atoms with E-state index in [0.717, 1.165) is 6.07 Å². The minimum absolute atomic E-state index is 0.00685. The van der Waals surface area contributed by atoms with Gasteiger partial charge in [-0.25, -0.2) is 4.79 Å². The summed E-state index contributed by atoms with van der Waals surface area (Å²) in [6.07, 6.45) is 0. The lowest BCUT2D eigenvalue weighted by Gasteiger charge is -2.11. The van der Waals surface area contributed by atoms with Gasteiger partial charge in [0, 0.05) is 5.33 Å². The zero-order chi connectivity index (χ0) is 13.0. The predicted molar refractivity (Wildman–Crippen MR) is 62.1 cm³/mol. The monoisotopic (exact) mass is 328 g/mol. The largest absolute Gasteiger partial charge is 0.465 e. The van der Waals surface area contributed by atoms with Gasteiger partial charge in [0.25, 0.3) is 0 Å². The van der Waals surface area contributed by atoms with Gasteiger partial charge in [0.1, 0.15) is 5.75 Å². The Morgan fingerprint density at radius 2 is 2.18 bits per heavy atom. The molecular formula is C10H8BrClF2O3. The van der Waals surface area contributed by atoms with Gasteiger partial charge in [-0.15, -0.1) is 0 Å². The number of benzene rings is 1. The van der Waals surface area contributed by atoms with Gasteiger partial charge in [-0.05, 0) is 17.7 Å². The molecule has 17 heavy (non-hydrogen) atoms. The number of rotatable bonds is 4. The Balaban J connectivity index is 3.22. The molecule has 0 radical (unpaired) electrons. The summed E-state index contributed by atoms with van der Waals surface area (Å²) in [7, 11) is 1.20. The highest BCUT2D eigenvalue weighted by Gasteiger charge is 2.17. The normalized spacial score (nSPS) is 10.5. The van der Waals surface area contributed by atoms with Gasteiger partial charge in [-0.3, -0.25) is 0 Å². The fourth-order valence-electron chi connectivity index (χ4n) is 1.19. The van der Waals surface area contributed by atoms with Crippen molar-refractivity contribution >= 4 is 33.5 Å². The van der Waals surface area contributed by atoms with Gasteiger partial charge in [0.15, 0.2) is 0 Å². The van der Waals surface area contributed by atoms with Crippen molar-refractivity contribution in [1.82, 2.24) is 0 Å². The fourth-order valence-corrected chi connectivity index (χ4v) is 1.89. The maximum Gasteiger partial charge on any atom is 0.387 e. The highest BCUT2D eigenvalue weighted by atomic mass is 79.9. The van der Waals surface area contributed by atoms with Gasteiger partial charge in [0.05, 0.1) is 17.7 Å². The standard InChI is InChI=1S/C10H8BrClF2O3/c1-16-9(15)6-3-8(17-10(13)14)7(12)2-5(6)4-11/h2-3,10H,4H2,1H3. The van der Waals surface area contributed by atoms with Crippen LogP contribution in [0.1, 0.15) is 15.9 Å². The van der Waals surface area contributed by atoms with Gasteiger partial charge in [0.2, 0.25) is 0 Å². The molecule has 0 bridgehead atoms. The summed E-state index contributed by atoms with van der Waals surface area (Å²) >= 11 is 8.90. The van der Waals surface area contributed by atoms with Crippen molar-refractivity contribution in [3.8, 4) is 5.75 Å². The van der Waals surface area contributed by atoms with Crippen molar-refractivity contribution < 1.29 is 23.0 Å². The van der Waals surface area contributed by atoms with Crippen LogP contribution in [0, 0.1) is 0 Å². The molecule has 0 aliphatic heterocycles. The number of carbonyl (C=O) groups is 1. The van der Waals surface area contributed by atoms with Crippen LogP contribution in [0.25, 0.3) is 0 Å². The summed E-state index contributed by atoms with van der Waals surface area (Å²) in [6.45, 7) is -3.01. The molecule has 0 N–H and O–H groups in total. The molecule has 0 saturated heterocycles. The average Bonchev–Trinajstić information content (AvgIpc) is 2.29. The zero-order valence-corrected chi connectivity index (χ0v) is 11.0. The molecular weight excluding hydrogens is 321 g/mol. The Labute approximate surface area is 110 Å². The number of carbonyl (C=O) groups excluding carboxylic acids is 1. The van der Waals surface area contributed by atoms with Gasteiger partial charge < -0.3 is 9.47 Å². The van der Waals surface area contributed by atoms with Crippen LogP contribution in [0.5, 0.6) is 5.75 Å². The van der Waals surface area contributed by atoms with E-state index in [0.29, 0.717) is 10.9 Å². The lowest BCUT2D eigenvalue weighted by atomic mass is 10.1. The third kappa shape index (κ3) is 3.54. The van der Waals surface area contributed by atoms with Gasteiger partial charge >= 0.3 is 12.6 Å². The summed E-state index contributed by atoms with van der Waals surface area (Å²) in [5, 5.41) is 0.346. The first-order valence-corrected chi connectivity index (χ1v) is 5.91. The summed E-state index contributed by atoms with van der Waals surface area (Å²) in [4.78, 5) is 11.4. The molecule has 0 spiro atoms. The maximum absolute atomic E-state index is 12.1. The fraction of sp³-hybridized carbons (Fsp3) is 0.300. The van der Waals surface area contributed by atoms with E-state index < -0.39 is 12.6 Å². The first-order valence-electron chi connectivity index (χ1n) is 4.41. The molecule has 7 heteroatoms. The summed E-state index contributed by atoms with van der Waals surface area (Å²) in [5.41, 5.74) is 0.660. The van der Waals surface area contributed by atoms with E-state index in [-0.39, 0.29) is 16.3 Å². The molecule has 1 aromatic rings. The van der Waals surface area contributed by atoms with Crippen molar-refractivity contribution in [3.05, 3.63) is 28.3 Å². The van der Waals surface area contributed by atoms with Crippen LogP contribution < -0.4 is 4.74 Å². The number of halogens is 4. The molecule has 0 aromatic heterocycles. The van der Waals surface area contributed by atoms with E-state index in [4.69, 9.17) is 11.6 Å². The third-order valence-corrected chi connectivity index (χ3v) is 2.82. The van der Waals surface area contributed by atoms with Crippen molar-refractivity contribution in [2.75, 3.05) is 7.11 Å². The summed E-state index contributed by atoms with van der Waals surface area (Å²) in [5.74, 6) is -0.901. The van der Waals surface area contributed by atoms with Crippen molar-refractivity contribution in [2.24, 2.45) is 0 Å². The molecule has 1 aromatic carbocycles. The van der Waals surface area contributed by atoms with Crippen LogP contribution in [0.2, 0.25) is 5.02 Å². The quantitative estimate of drug-likeness (QED) is 0.625. The number of alkyl halides is 3. The Hall–Kier alpha value is -0.880. The lowest BCUT2D eigenvalue weighted by molar-refractivity contribution is -0.0498. The SMILES string of the molecule is COC(=O)c1cc(OC(F)F)c(Cl)cc1CBr. The minimum Gasteiger partial charge on any atom is -0.465 e. The topological polar surface area (TPSA) is 35.5 Å². The number of hydrogen-bond acceptors (Lipinski definition) is 3. The smallest absolute Gasteiger partial charge is 0.387 e. The molecule has 0 fully saturated rings. The molecule has 0 aliphatic carbocycles. The van der Waals surface area contributed by atoms with E-state index in [1.165, 1.54) is 13.2 Å². The van der Waals surface area contributed by atoms with E-state index in [2.05, 4.69) is 25.4 Å². The average molecular weight is 330 g/mol. The highest BCUT2D eigenvalue weighted by Crippen LogP contribution is 2.31. The second-order valence-electron chi connectivity index (χ2n) is 2.94. The Morgan fingerprint density at radius 3 is 2.65 bits per heavy atom. The molecule has 0 saturated carbocycles. The van der Waals surface area contributed by atoms with E-state index in [1.54, 1.807) is 0 Å². The molecule has 3 nitrogen and oxygen atoms in total. The number of ether oxygens (including phenoxy) is 2. The van der Waals surface area contributed by atoms with Crippen LogP contribution in [0.15, 0.2) is 12.1 Å². The van der Waals surface area contributed by atoms with Crippen molar-refractivity contribution in [3.63, 3.8) is 0 Å². The maximum atomic E-state index is 12.1. The Kier molecular flexibility index (Phi) is 5.14. The van der Waals surface area contributed by atoms with Crippen molar-refractivity contribution in [1.29, 1.82) is 0 Å². The second-order valence-corrected chi connectivity index (χ2v) is 3.91. The molecule has 0 heterocycles. The van der Waals surface area contributed by atoms with E-state index in [9.17, 15) is 13.6 Å². The number of hydrogen-bond donors (Lipinski definition) is 0. The summed E-state index contributed by atoms with van der Waals surface area (Å²) in [6, 6.07) is 2.51. The Morgan fingerprint density at radius 1 is 1.53 bits per heavy atom. The lowest BCUT2D eigenvalue weighted by Crippen LogP contribution is -2.08. The molecule has 0 unspecified atom stereocenters. The van der Waals surface area contributed by atoms with Crippen LogP contribution in [0.3, 0.4) is 0 Å². The molecule has 1 rings (SSSR count). The highest BCUT2D eigenvalue weighted by molar-refractivity contribution is 9.08. The van der Waals surface area contributed by atoms with Crippen LogP contribution >= 0.6 is 27.5 Å². The molecule has 0 aliphatic rings. The first-order chi connectivity index (χ1) is 7.99.